The third-order valence-corrected chi connectivity index (χ3v) is 5.99. The third-order valence-electron chi connectivity index (χ3n) is 5.99. The SMILES string of the molecule is COc1ccccc1Nc1c2c(nc3ccc(NC(=O)c4ccc(F)cc4)cc13)CCCC2. The summed E-state index contributed by atoms with van der Waals surface area (Å²) < 4.78 is 18.8. The first kappa shape index (κ1) is 20.9. The van der Waals surface area contributed by atoms with Crippen LogP contribution in [0.1, 0.15) is 34.5 Å². The monoisotopic (exact) mass is 441 g/mol. The fourth-order valence-corrected chi connectivity index (χ4v) is 4.33. The first-order valence-corrected chi connectivity index (χ1v) is 11.0. The molecule has 1 aliphatic carbocycles. The summed E-state index contributed by atoms with van der Waals surface area (Å²) in [5.41, 5.74) is 6.12. The second-order valence-electron chi connectivity index (χ2n) is 8.14. The molecule has 0 atom stereocenters. The molecule has 0 unspecified atom stereocenters. The number of nitrogens with one attached hydrogen (secondary N) is 2. The molecule has 33 heavy (non-hydrogen) atoms. The number of para-hydroxylation sites is 2. The van der Waals surface area contributed by atoms with Crippen LogP contribution >= 0.6 is 0 Å². The molecule has 1 amide bonds. The summed E-state index contributed by atoms with van der Waals surface area (Å²) in [6, 6.07) is 19.0. The summed E-state index contributed by atoms with van der Waals surface area (Å²) in [6.07, 6.45) is 4.14. The van der Waals surface area contributed by atoms with Crippen LogP contribution in [0, 0.1) is 5.82 Å². The summed E-state index contributed by atoms with van der Waals surface area (Å²) in [5, 5.41) is 7.44. The van der Waals surface area contributed by atoms with Gasteiger partial charge in [-0.15, -0.1) is 0 Å². The minimum absolute atomic E-state index is 0.292. The van der Waals surface area contributed by atoms with Crippen LogP contribution in [-0.4, -0.2) is 18.0 Å². The van der Waals surface area contributed by atoms with Crippen LogP contribution in [0.25, 0.3) is 10.9 Å². The number of aromatic nitrogens is 1. The lowest BCUT2D eigenvalue weighted by molar-refractivity contribution is 0.102. The zero-order valence-corrected chi connectivity index (χ0v) is 18.3. The lowest BCUT2D eigenvalue weighted by Crippen LogP contribution is -2.13. The van der Waals surface area contributed by atoms with E-state index in [0.717, 1.165) is 59.4 Å². The molecule has 6 heteroatoms. The molecule has 0 spiro atoms. The molecule has 1 aromatic heterocycles. The van der Waals surface area contributed by atoms with Crippen molar-refractivity contribution in [1.82, 2.24) is 4.98 Å². The van der Waals surface area contributed by atoms with Gasteiger partial charge in [-0.1, -0.05) is 12.1 Å². The van der Waals surface area contributed by atoms with E-state index in [0.29, 0.717) is 11.3 Å². The van der Waals surface area contributed by atoms with Crippen LogP contribution in [0.3, 0.4) is 0 Å². The summed E-state index contributed by atoms with van der Waals surface area (Å²) in [4.78, 5) is 17.6. The Morgan fingerprint density at radius 1 is 1.00 bits per heavy atom. The van der Waals surface area contributed by atoms with Crippen LogP contribution in [0.5, 0.6) is 5.75 Å². The number of halogens is 1. The highest BCUT2D eigenvalue weighted by Crippen LogP contribution is 2.38. The highest BCUT2D eigenvalue weighted by molar-refractivity contribution is 6.06. The molecule has 5 rings (SSSR count). The first-order valence-electron chi connectivity index (χ1n) is 11.0. The standard InChI is InChI=1S/C27H24FN3O2/c1-33-25-9-5-4-8-24(25)31-26-20-6-2-3-7-22(20)30-23-15-14-19(16-21(23)26)29-27(32)17-10-12-18(28)13-11-17/h4-5,8-16H,2-3,6-7H2,1H3,(H,29,32)(H,30,31). The van der Waals surface area contributed by atoms with Crippen LogP contribution in [-0.2, 0) is 12.8 Å². The summed E-state index contributed by atoms with van der Waals surface area (Å²) in [6.45, 7) is 0. The van der Waals surface area contributed by atoms with E-state index in [-0.39, 0.29) is 11.7 Å². The van der Waals surface area contributed by atoms with Crippen molar-refractivity contribution < 1.29 is 13.9 Å². The number of rotatable bonds is 5. The highest BCUT2D eigenvalue weighted by atomic mass is 19.1. The summed E-state index contributed by atoms with van der Waals surface area (Å²) in [7, 11) is 1.66. The van der Waals surface area contributed by atoms with Gasteiger partial charge in [0.25, 0.3) is 5.91 Å². The molecule has 1 heterocycles. The number of fused-ring (bicyclic) bond motifs is 2. The number of aryl methyl sites for hydroxylation is 1. The number of ether oxygens (including phenoxy) is 1. The Morgan fingerprint density at radius 3 is 2.61 bits per heavy atom. The molecule has 0 radical (unpaired) electrons. The number of carbonyl (C=O) groups is 1. The van der Waals surface area contributed by atoms with Gasteiger partial charge in [0.1, 0.15) is 11.6 Å². The number of carbonyl (C=O) groups excluding carboxylic acids is 1. The topological polar surface area (TPSA) is 63.2 Å². The van der Waals surface area contributed by atoms with E-state index in [9.17, 15) is 9.18 Å². The van der Waals surface area contributed by atoms with Crippen molar-refractivity contribution in [3.8, 4) is 5.75 Å². The fraction of sp³-hybridized carbons (Fsp3) is 0.185. The normalized spacial score (nSPS) is 12.8. The number of anilines is 3. The van der Waals surface area contributed by atoms with Gasteiger partial charge >= 0.3 is 0 Å². The minimum Gasteiger partial charge on any atom is -0.495 e. The number of pyridine rings is 1. The van der Waals surface area contributed by atoms with E-state index in [1.807, 2.05) is 42.5 Å². The molecule has 5 nitrogen and oxygen atoms in total. The molecule has 4 aromatic rings. The van der Waals surface area contributed by atoms with Crippen molar-refractivity contribution in [3.05, 3.63) is 89.4 Å². The largest absolute Gasteiger partial charge is 0.495 e. The van der Waals surface area contributed by atoms with Gasteiger partial charge in [-0.3, -0.25) is 9.78 Å². The minimum atomic E-state index is -0.375. The van der Waals surface area contributed by atoms with E-state index in [1.165, 1.54) is 29.8 Å². The maximum Gasteiger partial charge on any atom is 0.255 e. The molecular formula is C27H24FN3O2. The third kappa shape index (κ3) is 4.24. The number of nitrogens with zero attached hydrogens (tertiary/aromatic N) is 1. The zero-order valence-electron chi connectivity index (χ0n) is 18.3. The van der Waals surface area contributed by atoms with Gasteiger partial charge < -0.3 is 15.4 Å². The average molecular weight is 442 g/mol. The van der Waals surface area contributed by atoms with Gasteiger partial charge in [-0.25, -0.2) is 4.39 Å². The summed E-state index contributed by atoms with van der Waals surface area (Å²) in [5.74, 6) is 0.0902. The Labute approximate surface area is 191 Å². The predicted molar refractivity (Wildman–Crippen MR) is 129 cm³/mol. The Hall–Kier alpha value is -3.93. The second-order valence-corrected chi connectivity index (χ2v) is 8.14. The molecular weight excluding hydrogens is 417 g/mol. The Balaban J connectivity index is 1.57. The molecule has 0 bridgehead atoms. The number of benzene rings is 3. The van der Waals surface area contributed by atoms with Gasteiger partial charge in [0.2, 0.25) is 0 Å². The van der Waals surface area contributed by atoms with E-state index >= 15 is 0 Å². The number of hydrogen-bond acceptors (Lipinski definition) is 4. The van der Waals surface area contributed by atoms with Crippen molar-refractivity contribution in [3.63, 3.8) is 0 Å². The molecule has 0 aliphatic heterocycles. The van der Waals surface area contributed by atoms with Crippen LogP contribution < -0.4 is 15.4 Å². The van der Waals surface area contributed by atoms with Crippen LogP contribution in [0.2, 0.25) is 0 Å². The maximum absolute atomic E-state index is 13.2. The number of methoxy groups -OCH3 is 1. The molecule has 2 N–H and O–H groups in total. The number of amides is 1. The predicted octanol–water partition coefficient (Wildman–Crippen LogP) is 6.26. The van der Waals surface area contributed by atoms with Crippen molar-refractivity contribution in [2.24, 2.45) is 0 Å². The molecule has 0 saturated heterocycles. The van der Waals surface area contributed by atoms with Gasteiger partial charge in [0, 0.05) is 22.3 Å². The highest BCUT2D eigenvalue weighted by Gasteiger charge is 2.20. The number of hydrogen-bond donors (Lipinski definition) is 2. The van der Waals surface area contributed by atoms with E-state index < -0.39 is 0 Å². The maximum atomic E-state index is 13.2. The lowest BCUT2D eigenvalue weighted by atomic mass is 9.92. The molecule has 0 fully saturated rings. The van der Waals surface area contributed by atoms with Crippen molar-refractivity contribution in [2.45, 2.75) is 25.7 Å². The smallest absolute Gasteiger partial charge is 0.255 e. The van der Waals surface area contributed by atoms with Crippen molar-refractivity contribution >= 4 is 33.9 Å². The van der Waals surface area contributed by atoms with Gasteiger partial charge in [-0.05, 0) is 85.8 Å². The molecule has 3 aromatic carbocycles. The second kappa shape index (κ2) is 8.90. The van der Waals surface area contributed by atoms with Crippen LogP contribution in [0.15, 0.2) is 66.7 Å². The van der Waals surface area contributed by atoms with Gasteiger partial charge in [0.05, 0.1) is 24.0 Å². The van der Waals surface area contributed by atoms with Crippen molar-refractivity contribution in [1.29, 1.82) is 0 Å². The van der Waals surface area contributed by atoms with E-state index in [4.69, 9.17) is 9.72 Å². The Morgan fingerprint density at radius 2 is 1.79 bits per heavy atom. The molecule has 166 valence electrons. The van der Waals surface area contributed by atoms with E-state index in [2.05, 4.69) is 10.6 Å². The van der Waals surface area contributed by atoms with Gasteiger partial charge in [-0.2, -0.15) is 0 Å². The molecule has 0 saturated carbocycles. The Kier molecular flexibility index (Phi) is 5.65. The van der Waals surface area contributed by atoms with Gasteiger partial charge in [0.15, 0.2) is 0 Å². The zero-order chi connectivity index (χ0) is 22.8. The lowest BCUT2D eigenvalue weighted by Gasteiger charge is -2.23. The Bertz CT molecular complexity index is 1340. The fourth-order valence-electron chi connectivity index (χ4n) is 4.33. The average Bonchev–Trinajstić information content (AvgIpc) is 2.85. The molecule has 1 aliphatic rings. The van der Waals surface area contributed by atoms with E-state index in [1.54, 1.807) is 7.11 Å². The van der Waals surface area contributed by atoms with Crippen molar-refractivity contribution in [2.75, 3.05) is 17.7 Å². The summed E-state index contributed by atoms with van der Waals surface area (Å²) >= 11 is 0. The quantitative estimate of drug-likeness (QED) is 0.384. The first-order chi connectivity index (χ1) is 16.1. The van der Waals surface area contributed by atoms with Crippen LogP contribution in [0.4, 0.5) is 21.5 Å².